The molecule has 0 saturated carbocycles. The van der Waals surface area contributed by atoms with Crippen molar-refractivity contribution in [2.45, 2.75) is 11.4 Å². The molecule has 9 heteroatoms. The van der Waals surface area contributed by atoms with E-state index in [0.717, 1.165) is 14.3 Å². The number of benzene rings is 3. The molecule has 1 amide bonds. The molecule has 156 valence electrons. The topological polar surface area (TPSA) is 66.5 Å². The summed E-state index contributed by atoms with van der Waals surface area (Å²) < 4.78 is 28.5. The minimum absolute atomic E-state index is 0.0220. The molecule has 0 spiro atoms. The van der Waals surface area contributed by atoms with Crippen LogP contribution in [0.15, 0.2) is 82.2 Å². The van der Waals surface area contributed by atoms with Crippen molar-refractivity contribution in [1.82, 2.24) is 4.31 Å². The standard InChI is InChI=1S/C21H17BrCl2N2O3S/c22-16-7-5-15(6-8-16)13-26(30(28,29)18-11-9-17(23)10-12-18)14-21(27)25-20-4-2-1-3-19(20)24/h1-12H,13-14H2,(H,25,27). The lowest BCUT2D eigenvalue weighted by Gasteiger charge is -2.22. The van der Waals surface area contributed by atoms with Crippen molar-refractivity contribution in [3.63, 3.8) is 0 Å². The number of hydrogen-bond acceptors (Lipinski definition) is 3. The summed E-state index contributed by atoms with van der Waals surface area (Å²) >= 11 is 15.3. The highest BCUT2D eigenvalue weighted by Gasteiger charge is 2.27. The molecular formula is C21H17BrCl2N2O3S. The molecule has 3 rings (SSSR count). The monoisotopic (exact) mass is 526 g/mol. The van der Waals surface area contributed by atoms with Crippen molar-refractivity contribution >= 4 is 60.7 Å². The van der Waals surface area contributed by atoms with Crippen molar-refractivity contribution in [3.8, 4) is 0 Å². The van der Waals surface area contributed by atoms with E-state index < -0.39 is 15.9 Å². The van der Waals surface area contributed by atoms with Gasteiger partial charge in [-0.2, -0.15) is 4.31 Å². The first-order valence-electron chi connectivity index (χ1n) is 8.80. The Kier molecular flexibility index (Phi) is 7.55. The van der Waals surface area contributed by atoms with Crippen LogP contribution in [-0.2, 0) is 21.4 Å². The van der Waals surface area contributed by atoms with Gasteiger partial charge in [-0.25, -0.2) is 8.42 Å². The Morgan fingerprint density at radius 3 is 2.20 bits per heavy atom. The van der Waals surface area contributed by atoms with Gasteiger partial charge in [0.15, 0.2) is 0 Å². The van der Waals surface area contributed by atoms with Crippen LogP contribution in [-0.4, -0.2) is 25.2 Å². The summed E-state index contributed by atoms with van der Waals surface area (Å²) in [5, 5.41) is 3.45. The van der Waals surface area contributed by atoms with Crippen molar-refractivity contribution < 1.29 is 13.2 Å². The molecule has 0 atom stereocenters. The molecule has 0 fully saturated rings. The fourth-order valence-corrected chi connectivity index (χ4v) is 4.65. The molecular weight excluding hydrogens is 511 g/mol. The zero-order chi connectivity index (χ0) is 21.7. The van der Waals surface area contributed by atoms with Crippen LogP contribution >= 0.6 is 39.1 Å². The van der Waals surface area contributed by atoms with Gasteiger partial charge in [-0.05, 0) is 54.1 Å². The predicted octanol–water partition coefficient (Wildman–Crippen LogP) is 5.59. The average Bonchev–Trinajstić information content (AvgIpc) is 2.71. The summed E-state index contributed by atoms with van der Waals surface area (Å²) in [4.78, 5) is 12.7. The Labute approximate surface area is 193 Å². The second kappa shape index (κ2) is 9.94. The first kappa shape index (κ1) is 22.8. The van der Waals surface area contributed by atoms with E-state index in [1.54, 1.807) is 36.4 Å². The molecule has 0 aromatic heterocycles. The zero-order valence-electron chi connectivity index (χ0n) is 15.6. The zero-order valence-corrected chi connectivity index (χ0v) is 19.5. The van der Waals surface area contributed by atoms with Crippen LogP contribution in [0.3, 0.4) is 0 Å². The molecule has 0 aliphatic carbocycles. The second-order valence-corrected chi connectivity index (χ2v) is 10.1. The number of halogens is 3. The van der Waals surface area contributed by atoms with Gasteiger partial charge < -0.3 is 5.32 Å². The number of carbonyl (C=O) groups excluding carboxylic acids is 1. The fraction of sp³-hybridized carbons (Fsp3) is 0.0952. The molecule has 0 saturated heterocycles. The van der Waals surface area contributed by atoms with Crippen molar-refractivity contribution in [2.75, 3.05) is 11.9 Å². The Hall–Kier alpha value is -1.90. The Morgan fingerprint density at radius 1 is 0.933 bits per heavy atom. The summed E-state index contributed by atoms with van der Waals surface area (Å²) in [7, 11) is -3.95. The summed E-state index contributed by atoms with van der Waals surface area (Å²) in [6.07, 6.45) is 0. The van der Waals surface area contributed by atoms with Crippen LogP contribution in [0.4, 0.5) is 5.69 Å². The predicted molar refractivity (Wildman–Crippen MR) is 123 cm³/mol. The summed E-state index contributed by atoms with van der Waals surface area (Å²) in [5.74, 6) is -0.502. The first-order valence-corrected chi connectivity index (χ1v) is 11.8. The van der Waals surface area contributed by atoms with E-state index in [-0.39, 0.29) is 18.0 Å². The van der Waals surface area contributed by atoms with Crippen LogP contribution < -0.4 is 5.32 Å². The molecule has 0 aliphatic rings. The molecule has 3 aromatic carbocycles. The van der Waals surface area contributed by atoms with Crippen molar-refractivity contribution in [1.29, 1.82) is 0 Å². The van der Waals surface area contributed by atoms with Gasteiger partial charge in [-0.15, -0.1) is 0 Å². The lowest BCUT2D eigenvalue weighted by molar-refractivity contribution is -0.116. The smallest absolute Gasteiger partial charge is 0.243 e. The fourth-order valence-electron chi connectivity index (χ4n) is 2.69. The van der Waals surface area contributed by atoms with E-state index in [1.807, 2.05) is 12.1 Å². The normalized spacial score (nSPS) is 11.5. The molecule has 0 unspecified atom stereocenters. The molecule has 5 nitrogen and oxygen atoms in total. The number of hydrogen-bond donors (Lipinski definition) is 1. The molecule has 0 aliphatic heterocycles. The van der Waals surface area contributed by atoms with Crippen LogP contribution in [0.25, 0.3) is 0 Å². The quantitative estimate of drug-likeness (QED) is 0.435. The maximum Gasteiger partial charge on any atom is 0.243 e. The van der Waals surface area contributed by atoms with E-state index in [2.05, 4.69) is 21.2 Å². The van der Waals surface area contributed by atoms with Gasteiger partial charge in [0.2, 0.25) is 15.9 Å². The van der Waals surface area contributed by atoms with E-state index >= 15 is 0 Å². The highest BCUT2D eigenvalue weighted by molar-refractivity contribution is 9.10. The second-order valence-electron chi connectivity index (χ2n) is 6.38. The van der Waals surface area contributed by atoms with Crippen molar-refractivity contribution in [2.24, 2.45) is 0 Å². The van der Waals surface area contributed by atoms with Crippen molar-refractivity contribution in [3.05, 3.63) is 92.9 Å². The maximum atomic E-state index is 13.2. The van der Waals surface area contributed by atoms with Gasteiger partial charge in [-0.1, -0.05) is 63.4 Å². The number of nitrogens with one attached hydrogen (secondary N) is 1. The number of anilines is 1. The Bertz CT molecular complexity index is 1140. The number of carbonyl (C=O) groups is 1. The van der Waals surface area contributed by atoms with Crippen LogP contribution in [0, 0.1) is 0 Å². The Morgan fingerprint density at radius 2 is 1.57 bits per heavy atom. The maximum absolute atomic E-state index is 13.2. The number of sulfonamides is 1. The average molecular weight is 528 g/mol. The lowest BCUT2D eigenvalue weighted by atomic mass is 10.2. The third-order valence-corrected chi connectivity index (χ3v) is 7.11. The number of nitrogens with zero attached hydrogens (tertiary/aromatic N) is 1. The van der Waals surface area contributed by atoms with Crippen LogP contribution in [0.5, 0.6) is 0 Å². The SMILES string of the molecule is O=C(CN(Cc1ccc(Br)cc1)S(=O)(=O)c1ccc(Cl)cc1)Nc1ccccc1Cl. The van der Waals surface area contributed by atoms with Gasteiger partial charge in [0.05, 0.1) is 22.2 Å². The van der Waals surface area contributed by atoms with Crippen LogP contribution in [0.1, 0.15) is 5.56 Å². The van der Waals surface area contributed by atoms with Gasteiger partial charge in [0.1, 0.15) is 0 Å². The number of amides is 1. The molecule has 3 aromatic rings. The highest BCUT2D eigenvalue weighted by Crippen LogP contribution is 2.23. The van der Waals surface area contributed by atoms with Gasteiger partial charge in [0.25, 0.3) is 0 Å². The van der Waals surface area contributed by atoms with Gasteiger partial charge >= 0.3 is 0 Å². The minimum Gasteiger partial charge on any atom is -0.324 e. The van der Waals surface area contributed by atoms with E-state index in [4.69, 9.17) is 23.2 Å². The molecule has 0 bridgehead atoms. The third-order valence-electron chi connectivity index (χ3n) is 4.19. The Balaban J connectivity index is 1.88. The van der Waals surface area contributed by atoms with Crippen LogP contribution in [0.2, 0.25) is 10.0 Å². The lowest BCUT2D eigenvalue weighted by Crippen LogP contribution is -2.37. The van der Waals surface area contributed by atoms with Gasteiger partial charge in [-0.3, -0.25) is 4.79 Å². The summed E-state index contributed by atoms with van der Waals surface area (Å²) in [5.41, 5.74) is 1.15. The first-order chi connectivity index (χ1) is 14.3. The summed E-state index contributed by atoms with van der Waals surface area (Å²) in [6.45, 7) is -0.361. The molecule has 0 radical (unpaired) electrons. The highest BCUT2D eigenvalue weighted by atomic mass is 79.9. The molecule has 1 N–H and O–H groups in total. The molecule has 0 heterocycles. The summed E-state index contributed by atoms with van der Waals surface area (Å²) in [6, 6.07) is 19.8. The van der Waals surface area contributed by atoms with E-state index in [9.17, 15) is 13.2 Å². The van der Waals surface area contributed by atoms with Gasteiger partial charge in [0, 0.05) is 16.0 Å². The minimum atomic E-state index is -3.95. The van der Waals surface area contributed by atoms with E-state index in [0.29, 0.717) is 15.7 Å². The number of rotatable bonds is 7. The third kappa shape index (κ3) is 5.83. The number of para-hydroxylation sites is 1. The largest absolute Gasteiger partial charge is 0.324 e. The van der Waals surface area contributed by atoms with E-state index in [1.165, 1.54) is 24.3 Å². The molecule has 30 heavy (non-hydrogen) atoms.